The van der Waals surface area contributed by atoms with E-state index in [0.29, 0.717) is 30.4 Å². The summed E-state index contributed by atoms with van der Waals surface area (Å²) in [5.74, 6) is 1.15. The molecule has 5 nitrogen and oxygen atoms in total. The molecule has 0 aliphatic heterocycles. The highest BCUT2D eigenvalue weighted by Crippen LogP contribution is 2.22. The number of nitrogens with zero attached hydrogens (tertiary/aromatic N) is 3. The van der Waals surface area contributed by atoms with E-state index in [4.69, 9.17) is 0 Å². The molecule has 0 atom stereocenters. The zero-order chi connectivity index (χ0) is 17.0. The van der Waals surface area contributed by atoms with Crippen LogP contribution in [0, 0.1) is 20.8 Å². The number of benzene rings is 1. The van der Waals surface area contributed by atoms with E-state index in [-0.39, 0.29) is 5.91 Å². The first-order valence-electron chi connectivity index (χ1n) is 7.94. The van der Waals surface area contributed by atoms with Crippen LogP contribution in [-0.4, -0.2) is 33.9 Å². The van der Waals surface area contributed by atoms with Gasteiger partial charge >= 0.3 is 0 Å². The highest BCUT2D eigenvalue weighted by Gasteiger charge is 2.16. The predicted octanol–water partition coefficient (Wildman–Crippen LogP) is 3.63. The van der Waals surface area contributed by atoms with E-state index in [2.05, 4.69) is 35.2 Å². The number of carbonyl (C=O) groups excluding carboxylic acids is 1. The predicted molar refractivity (Wildman–Crippen MR) is 93.2 cm³/mol. The van der Waals surface area contributed by atoms with E-state index in [0.717, 1.165) is 5.69 Å². The van der Waals surface area contributed by atoms with Gasteiger partial charge in [0.25, 0.3) is 5.91 Å². The fraction of sp³-hybridized carbons (Fsp3) is 0.389. The molecule has 0 aliphatic carbocycles. The molecule has 0 saturated carbocycles. The number of aromatic nitrogens is 2. The molecule has 2 aromatic rings. The Hall–Kier alpha value is -2.43. The summed E-state index contributed by atoms with van der Waals surface area (Å²) in [6.45, 7) is 11.2. The molecule has 1 amide bonds. The third-order valence-corrected chi connectivity index (χ3v) is 3.98. The molecule has 23 heavy (non-hydrogen) atoms. The second kappa shape index (κ2) is 7.22. The van der Waals surface area contributed by atoms with Crippen LogP contribution in [-0.2, 0) is 0 Å². The Labute approximate surface area is 137 Å². The number of nitrogens with one attached hydrogen (secondary N) is 1. The first-order chi connectivity index (χ1) is 11.0. The molecule has 0 fully saturated rings. The largest absolute Gasteiger partial charge is 0.340 e. The molecule has 0 radical (unpaired) electrons. The fourth-order valence-corrected chi connectivity index (χ4v) is 2.44. The molecule has 2 rings (SSSR count). The Morgan fingerprint density at radius 3 is 2.48 bits per heavy atom. The lowest BCUT2D eigenvalue weighted by atomic mass is 10.1. The zero-order valence-corrected chi connectivity index (χ0v) is 14.5. The molecule has 1 heterocycles. The number of rotatable bonds is 5. The Balaban J connectivity index is 2.34. The standard InChI is InChI=1S/C18H24N4O/c1-6-22(7-2)18(23)16-11-17(20-14(5)19-16)21-15-10-8-9-12(3)13(15)4/h8-11H,6-7H2,1-5H3,(H,19,20,21). The van der Waals surface area contributed by atoms with Crippen molar-refractivity contribution in [3.63, 3.8) is 0 Å². The molecular formula is C18H24N4O. The number of hydrogen-bond donors (Lipinski definition) is 1. The molecule has 5 heteroatoms. The number of anilines is 2. The fourth-order valence-electron chi connectivity index (χ4n) is 2.44. The second-order valence-electron chi connectivity index (χ2n) is 5.54. The van der Waals surface area contributed by atoms with Gasteiger partial charge in [-0.1, -0.05) is 12.1 Å². The van der Waals surface area contributed by atoms with Crippen molar-refractivity contribution in [1.82, 2.24) is 14.9 Å². The van der Waals surface area contributed by atoms with E-state index < -0.39 is 0 Å². The van der Waals surface area contributed by atoms with Gasteiger partial charge in [-0.3, -0.25) is 4.79 Å². The summed E-state index contributed by atoms with van der Waals surface area (Å²) >= 11 is 0. The number of aryl methyl sites for hydroxylation is 2. The monoisotopic (exact) mass is 312 g/mol. The van der Waals surface area contributed by atoms with Gasteiger partial charge in [0.1, 0.15) is 17.3 Å². The van der Waals surface area contributed by atoms with Crippen molar-refractivity contribution >= 4 is 17.4 Å². The van der Waals surface area contributed by atoms with Gasteiger partial charge in [-0.05, 0) is 51.8 Å². The van der Waals surface area contributed by atoms with Crippen LogP contribution in [0.4, 0.5) is 11.5 Å². The van der Waals surface area contributed by atoms with Crippen molar-refractivity contribution < 1.29 is 4.79 Å². The lowest BCUT2D eigenvalue weighted by Gasteiger charge is -2.18. The third kappa shape index (κ3) is 3.86. The Morgan fingerprint density at radius 2 is 1.83 bits per heavy atom. The summed E-state index contributed by atoms with van der Waals surface area (Å²) in [7, 11) is 0. The summed E-state index contributed by atoms with van der Waals surface area (Å²) in [5.41, 5.74) is 3.79. The number of hydrogen-bond acceptors (Lipinski definition) is 4. The topological polar surface area (TPSA) is 58.1 Å². The van der Waals surface area contributed by atoms with Gasteiger partial charge in [-0.25, -0.2) is 9.97 Å². The van der Waals surface area contributed by atoms with Crippen LogP contribution in [0.25, 0.3) is 0 Å². The van der Waals surface area contributed by atoms with Crippen molar-refractivity contribution in [1.29, 1.82) is 0 Å². The SMILES string of the molecule is CCN(CC)C(=O)c1cc(Nc2cccc(C)c2C)nc(C)n1. The molecule has 1 aromatic heterocycles. The smallest absolute Gasteiger partial charge is 0.272 e. The molecular weight excluding hydrogens is 288 g/mol. The van der Waals surface area contributed by atoms with Gasteiger partial charge in [0.05, 0.1) is 0 Å². The van der Waals surface area contributed by atoms with Crippen molar-refractivity contribution in [2.24, 2.45) is 0 Å². The summed E-state index contributed by atoms with van der Waals surface area (Å²) in [4.78, 5) is 22.9. The van der Waals surface area contributed by atoms with E-state index in [9.17, 15) is 4.79 Å². The van der Waals surface area contributed by atoms with Gasteiger partial charge in [0, 0.05) is 24.8 Å². The third-order valence-electron chi connectivity index (χ3n) is 3.98. The summed E-state index contributed by atoms with van der Waals surface area (Å²) in [6.07, 6.45) is 0. The van der Waals surface area contributed by atoms with Gasteiger partial charge < -0.3 is 10.2 Å². The number of carbonyl (C=O) groups is 1. The Bertz CT molecular complexity index is 708. The van der Waals surface area contributed by atoms with Crippen LogP contribution in [0.5, 0.6) is 0 Å². The maximum atomic E-state index is 12.5. The first kappa shape index (κ1) is 16.9. The van der Waals surface area contributed by atoms with Crippen LogP contribution in [0.3, 0.4) is 0 Å². The molecule has 0 spiro atoms. The van der Waals surface area contributed by atoms with E-state index in [1.165, 1.54) is 11.1 Å². The van der Waals surface area contributed by atoms with E-state index in [1.54, 1.807) is 17.9 Å². The van der Waals surface area contributed by atoms with E-state index in [1.807, 2.05) is 26.0 Å². The molecule has 0 saturated heterocycles. The highest BCUT2D eigenvalue weighted by molar-refractivity contribution is 5.93. The average Bonchev–Trinajstić information content (AvgIpc) is 2.52. The summed E-state index contributed by atoms with van der Waals surface area (Å²) in [6, 6.07) is 7.79. The van der Waals surface area contributed by atoms with Crippen LogP contribution in [0.15, 0.2) is 24.3 Å². The van der Waals surface area contributed by atoms with Gasteiger partial charge in [-0.15, -0.1) is 0 Å². The minimum atomic E-state index is -0.0653. The molecule has 1 aromatic carbocycles. The quantitative estimate of drug-likeness (QED) is 0.916. The minimum absolute atomic E-state index is 0.0653. The van der Waals surface area contributed by atoms with Crippen LogP contribution < -0.4 is 5.32 Å². The van der Waals surface area contributed by atoms with Crippen molar-refractivity contribution in [2.75, 3.05) is 18.4 Å². The lowest BCUT2D eigenvalue weighted by molar-refractivity contribution is 0.0766. The average molecular weight is 312 g/mol. The molecule has 0 aliphatic rings. The van der Waals surface area contributed by atoms with Crippen LogP contribution in [0.1, 0.15) is 41.3 Å². The van der Waals surface area contributed by atoms with Crippen molar-refractivity contribution in [3.8, 4) is 0 Å². The second-order valence-corrected chi connectivity index (χ2v) is 5.54. The van der Waals surface area contributed by atoms with Crippen LogP contribution >= 0.6 is 0 Å². The number of amides is 1. The Kier molecular flexibility index (Phi) is 5.32. The zero-order valence-electron chi connectivity index (χ0n) is 14.5. The molecule has 0 bridgehead atoms. The minimum Gasteiger partial charge on any atom is -0.340 e. The van der Waals surface area contributed by atoms with Crippen molar-refractivity contribution in [3.05, 3.63) is 46.9 Å². The summed E-state index contributed by atoms with van der Waals surface area (Å²) in [5, 5.41) is 3.30. The van der Waals surface area contributed by atoms with Gasteiger partial charge in [0.15, 0.2) is 0 Å². The Morgan fingerprint density at radius 1 is 1.13 bits per heavy atom. The van der Waals surface area contributed by atoms with Crippen molar-refractivity contribution in [2.45, 2.75) is 34.6 Å². The van der Waals surface area contributed by atoms with Crippen LogP contribution in [0.2, 0.25) is 0 Å². The molecule has 122 valence electrons. The molecule has 0 unspecified atom stereocenters. The molecule has 1 N–H and O–H groups in total. The van der Waals surface area contributed by atoms with Gasteiger partial charge in [0.2, 0.25) is 0 Å². The van der Waals surface area contributed by atoms with Gasteiger partial charge in [-0.2, -0.15) is 0 Å². The van der Waals surface area contributed by atoms with E-state index >= 15 is 0 Å². The maximum Gasteiger partial charge on any atom is 0.272 e. The maximum absolute atomic E-state index is 12.5. The first-order valence-corrected chi connectivity index (χ1v) is 7.94. The highest BCUT2D eigenvalue weighted by atomic mass is 16.2. The normalized spacial score (nSPS) is 10.5. The lowest BCUT2D eigenvalue weighted by Crippen LogP contribution is -2.31. The summed E-state index contributed by atoms with van der Waals surface area (Å²) < 4.78 is 0.